The molecule has 0 aliphatic rings. The van der Waals surface area contributed by atoms with Crippen LogP contribution in [-0.2, 0) is 23.1 Å². The first-order valence-corrected chi connectivity index (χ1v) is 9.36. The van der Waals surface area contributed by atoms with E-state index in [1.165, 1.54) is 13.2 Å². The second-order valence-corrected chi connectivity index (χ2v) is 7.11. The van der Waals surface area contributed by atoms with Gasteiger partial charge >= 0.3 is 0 Å². The number of ether oxygens (including phenoxy) is 1. The topological polar surface area (TPSA) is 112 Å². The summed E-state index contributed by atoms with van der Waals surface area (Å²) < 4.78 is 35.0. The molecule has 2 aromatic heterocycles. The van der Waals surface area contributed by atoms with Gasteiger partial charge in [0.15, 0.2) is 5.82 Å². The Morgan fingerprint density at radius 1 is 1.27 bits per heavy atom. The Bertz CT molecular complexity index is 988. The average Bonchev–Trinajstić information content (AvgIpc) is 3.15. The molecule has 0 saturated heterocycles. The van der Waals surface area contributed by atoms with Crippen LogP contribution in [0.5, 0.6) is 5.75 Å². The van der Waals surface area contributed by atoms with Gasteiger partial charge in [-0.2, -0.15) is 0 Å². The molecule has 3 rings (SSSR count). The van der Waals surface area contributed by atoms with Gasteiger partial charge in [-0.05, 0) is 47.2 Å². The molecule has 136 valence electrons. The highest BCUT2D eigenvalue weighted by Crippen LogP contribution is 2.29. The van der Waals surface area contributed by atoms with Crippen LogP contribution in [0.2, 0.25) is 0 Å². The summed E-state index contributed by atoms with van der Waals surface area (Å²) in [6, 6.07) is 8.34. The third-order valence-electron chi connectivity index (χ3n) is 3.73. The van der Waals surface area contributed by atoms with Gasteiger partial charge in [-0.15, -0.1) is 5.10 Å². The lowest BCUT2D eigenvalue weighted by atomic mass is 10.2. The fraction of sp³-hybridized carbons (Fsp3) is 0.250. The minimum Gasteiger partial charge on any atom is -0.495 e. The van der Waals surface area contributed by atoms with E-state index >= 15 is 0 Å². The molecule has 0 bridgehead atoms. The van der Waals surface area contributed by atoms with Gasteiger partial charge in [0.05, 0.1) is 7.11 Å². The molecule has 9 nitrogen and oxygen atoms in total. The molecule has 0 saturated carbocycles. The molecule has 0 aliphatic carbocycles. The Labute approximate surface area is 151 Å². The van der Waals surface area contributed by atoms with Crippen molar-refractivity contribution >= 4 is 10.0 Å². The number of hydrogen-bond acceptors (Lipinski definition) is 7. The highest BCUT2D eigenvalue weighted by atomic mass is 32.2. The van der Waals surface area contributed by atoms with Gasteiger partial charge in [-0.1, -0.05) is 6.07 Å². The van der Waals surface area contributed by atoms with Gasteiger partial charge in [-0.25, -0.2) is 17.8 Å². The summed E-state index contributed by atoms with van der Waals surface area (Å²) in [4.78, 5) is 3.99. The molecule has 10 heteroatoms. The van der Waals surface area contributed by atoms with Crippen molar-refractivity contribution in [3.63, 3.8) is 0 Å². The van der Waals surface area contributed by atoms with Crippen LogP contribution in [0.1, 0.15) is 12.5 Å². The number of benzene rings is 1. The zero-order chi connectivity index (χ0) is 18.6. The zero-order valence-electron chi connectivity index (χ0n) is 14.3. The number of pyridine rings is 1. The average molecular weight is 374 g/mol. The molecule has 1 N–H and O–H groups in total. The van der Waals surface area contributed by atoms with E-state index in [9.17, 15) is 8.42 Å². The van der Waals surface area contributed by atoms with Crippen LogP contribution in [0.3, 0.4) is 0 Å². The van der Waals surface area contributed by atoms with Crippen LogP contribution < -0.4 is 9.46 Å². The molecule has 26 heavy (non-hydrogen) atoms. The van der Waals surface area contributed by atoms with Gasteiger partial charge in [0.2, 0.25) is 10.0 Å². The van der Waals surface area contributed by atoms with E-state index in [1.54, 1.807) is 41.3 Å². The van der Waals surface area contributed by atoms with Crippen molar-refractivity contribution in [2.24, 2.45) is 0 Å². The first kappa shape index (κ1) is 18.0. The van der Waals surface area contributed by atoms with Crippen LogP contribution in [0.4, 0.5) is 0 Å². The number of hydrogen-bond donors (Lipinski definition) is 1. The molecule has 0 radical (unpaired) electrons. The predicted octanol–water partition coefficient (Wildman–Crippen LogP) is 1.24. The van der Waals surface area contributed by atoms with E-state index in [1.807, 2.05) is 6.92 Å². The van der Waals surface area contributed by atoms with Crippen LogP contribution in [0, 0.1) is 0 Å². The van der Waals surface area contributed by atoms with E-state index in [0.29, 0.717) is 17.9 Å². The minimum absolute atomic E-state index is 0.0204. The summed E-state index contributed by atoms with van der Waals surface area (Å²) >= 11 is 0. The summed E-state index contributed by atoms with van der Waals surface area (Å²) in [7, 11) is -2.39. The summed E-state index contributed by atoms with van der Waals surface area (Å²) in [5, 5.41) is 11.5. The van der Waals surface area contributed by atoms with Crippen LogP contribution in [0.15, 0.2) is 47.6 Å². The summed E-state index contributed by atoms with van der Waals surface area (Å²) in [6.45, 7) is 2.59. The number of methoxy groups -OCH3 is 1. The Morgan fingerprint density at radius 3 is 2.81 bits per heavy atom. The lowest BCUT2D eigenvalue weighted by molar-refractivity contribution is 0.402. The van der Waals surface area contributed by atoms with Crippen molar-refractivity contribution in [3.8, 4) is 17.1 Å². The van der Waals surface area contributed by atoms with Gasteiger partial charge in [-0.3, -0.25) is 4.98 Å². The summed E-state index contributed by atoms with van der Waals surface area (Å²) in [5.41, 5.74) is 1.33. The normalized spacial score (nSPS) is 11.5. The highest BCUT2D eigenvalue weighted by molar-refractivity contribution is 7.89. The maximum Gasteiger partial charge on any atom is 0.244 e. The number of tetrazole rings is 1. The largest absolute Gasteiger partial charge is 0.495 e. The first-order valence-electron chi connectivity index (χ1n) is 7.88. The number of aromatic nitrogens is 5. The quantitative estimate of drug-likeness (QED) is 0.662. The Morgan fingerprint density at radius 2 is 2.12 bits per heavy atom. The number of nitrogens with one attached hydrogen (secondary N) is 1. The molecule has 2 heterocycles. The standard InChI is InChI=1S/C16H18N6O3S/c1-3-22-16(19-20-21-22)13-6-7-14(25-2)15(9-13)26(23,24)18-11-12-5-4-8-17-10-12/h4-10,18H,3,11H2,1-2H3. The van der Waals surface area contributed by atoms with E-state index in [4.69, 9.17) is 4.74 Å². The van der Waals surface area contributed by atoms with Crippen molar-refractivity contribution < 1.29 is 13.2 Å². The van der Waals surface area contributed by atoms with E-state index < -0.39 is 10.0 Å². The number of rotatable bonds is 7. The number of aryl methyl sites for hydroxylation is 1. The second-order valence-electron chi connectivity index (χ2n) is 5.37. The number of nitrogens with zero attached hydrogens (tertiary/aromatic N) is 5. The maximum absolute atomic E-state index is 12.8. The second kappa shape index (κ2) is 7.58. The third kappa shape index (κ3) is 3.70. The molecule has 3 aromatic rings. The Balaban J connectivity index is 1.95. The molecular weight excluding hydrogens is 356 g/mol. The third-order valence-corrected chi connectivity index (χ3v) is 5.15. The maximum atomic E-state index is 12.8. The SMILES string of the molecule is CCn1nnnc1-c1ccc(OC)c(S(=O)(=O)NCc2cccnc2)c1. The van der Waals surface area contributed by atoms with Crippen molar-refractivity contribution in [1.29, 1.82) is 0 Å². The summed E-state index contributed by atoms with van der Waals surface area (Å²) in [6.07, 6.45) is 3.23. The lowest BCUT2D eigenvalue weighted by Gasteiger charge is -2.12. The summed E-state index contributed by atoms with van der Waals surface area (Å²) in [5.74, 6) is 0.724. The first-order chi connectivity index (χ1) is 12.5. The van der Waals surface area contributed by atoms with Gasteiger partial charge in [0.25, 0.3) is 0 Å². The molecule has 0 unspecified atom stereocenters. The molecular formula is C16H18N6O3S. The fourth-order valence-electron chi connectivity index (χ4n) is 2.41. The zero-order valence-corrected chi connectivity index (χ0v) is 15.1. The lowest BCUT2D eigenvalue weighted by Crippen LogP contribution is -2.24. The van der Waals surface area contributed by atoms with Crippen molar-refractivity contribution in [1.82, 2.24) is 29.9 Å². The molecule has 0 spiro atoms. The van der Waals surface area contributed by atoms with E-state index in [-0.39, 0.29) is 17.2 Å². The molecule has 0 fully saturated rings. The Kier molecular flexibility index (Phi) is 5.24. The molecule has 0 atom stereocenters. The molecule has 0 aliphatic heterocycles. The van der Waals surface area contributed by atoms with E-state index in [2.05, 4.69) is 25.2 Å². The smallest absolute Gasteiger partial charge is 0.244 e. The monoisotopic (exact) mass is 374 g/mol. The van der Waals surface area contributed by atoms with E-state index in [0.717, 1.165) is 5.56 Å². The van der Waals surface area contributed by atoms with Crippen LogP contribution in [0.25, 0.3) is 11.4 Å². The van der Waals surface area contributed by atoms with Crippen molar-refractivity contribution in [3.05, 3.63) is 48.3 Å². The van der Waals surface area contributed by atoms with Crippen LogP contribution >= 0.6 is 0 Å². The number of sulfonamides is 1. The van der Waals surface area contributed by atoms with Crippen molar-refractivity contribution in [2.75, 3.05) is 7.11 Å². The van der Waals surface area contributed by atoms with Crippen molar-refractivity contribution in [2.45, 2.75) is 24.9 Å². The molecule has 1 aromatic carbocycles. The Hall–Kier alpha value is -2.85. The minimum atomic E-state index is -3.82. The fourth-order valence-corrected chi connectivity index (χ4v) is 3.62. The highest BCUT2D eigenvalue weighted by Gasteiger charge is 2.21. The van der Waals surface area contributed by atoms with Gasteiger partial charge in [0.1, 0.15) is 10.6 Å². The van der Waals surface area contributed by atoms with Gasteiger partial charge < -0.3 is 4.74 Å². The predicted molar refractivity (Wildman–Crippen MR) is 93.7 cm³/mol. The van der Waals surface area contributed by atoms with Gasteiger partial charge in [0, 0.05) is 31.0 Å². The van der Waals surface area contributed by atoms with Crippen LogP contribution in [-0.4, -0.2) is 40.7 Å². The molecule has 0 amide bonds.